The number of aromatic nitrogens is 1. The Hall–Kier alpha value is -2.56. The van der Waals surface area contributed by atoms with Crippen LogP contribution in [0.3, 0.4) is 0 Å². The van der Waals surface area contributed by atoms with E-state index in [4.69, 9.17) is 14.6 Å². The van der Waals surface area contributed by atoms with Crippen molar-refractivity contribution in [1.82, 2.24) is 4.98 Å². The zero-order valence-corrected chi connectivity index (χ0v) is 9.66. The van der Waals surface area contributed by atoms with Gasteiger partial charge in [0, 0.05) is 12.3 Å². The third-order valence-electron chi connectivity index (χ3n) is 2.26. The van der Waals surface area contributed by atoms with E-state index < -0.39 is 5.97 Å². The van der Waals surface area contributed by atoms with Crippen LogP contribution in [0.5, 0.6) is 17.4 Å². The van der Waals surface area contributed by atoms with Gasteiger partial charge in [0.25, 0.3) is 0 Å². The number of carbonyl (C=O) groups is 1. The first-order valence-corrected chi connectivity index (χ1v) is 5.21. The van der Waals surface area contributed by atoms with E-state index >= 15 is 0 Å². The largest absolute Gasteiger partial charge is 0.481 e. The van der Waals surface area contributed by atoms with Crippen molar-refractivity contribution in [3.8, 4) is 17.4 Å². The topological polar surface area (TPSA) is 68.7 Å². The fraction of sp³-hybridized carbons (Fsp3) is 0.0769. The van der Waals surface area contributed by atoms with Gasteiger partial charge in [-0.05, 0) is 18.2 Å². The molecule has 0 bridgehead atoms. The van der Waals surface area contributed by atoms with Crippen LogP contribution in [0.15, 0.2) is 42.6 Å². The minimum atomic E-state index is -1.04. The Bertz CT molecular complexity index is 568. The van der Waals surface area contributed by atoms with E-state index in [0.717, 1.165) is 0 Å². The van der Waals surface area contributed by atoms with Gasteiger partial charge in [0.05, 0.1) is 7.11 Å². The number of pyridine rings is 1. The van der Waals surface area contributed by atoms with Gasteiger partial charge in [0.1, 0.15) is 17.1 Å². The Balaban J connectivity index is 2.31. The molecular formula is C13H11NO4. The standard InChI is InChI=1S/C13H11NO4/c1-17-12-8-9(6-7-14-12)18-11-5-3-2-4-10(11)13(15)16/h2-8H,1H3,(H,15,16). The van der Waals surface area contributed by atoms with E-state index in [1.165, 1.54) is 19.4 Å². The number of rotatable bonds is 4. The first-order chi connectivity index (χ1) is 8.70. The number of benzene rings is 1. The molecule has 92 valence electrons. The molecule has 0 spiro atoms. The molecule has 0 unspecified atom stereocenters. The molecule has 18 heavy (non-hydrogen) atoms. The van der Waals surface area contributed by atoms with Crippen LogP contribution >= 0.6 is 0 Å². The number of carboxylic acid groups (broad SMARTS) is 1. The molecule has 1 aromatic carbocycles. The third-order valence-corrected chi connectivity index (χ3v) is 2.26. The number of para-hydroxylation sites is 1. The van der Waals surface area contributed by atoms with Crippen LogP contribution in [-0.4, -0.2) is 23.2 Å². The summed E-state index contributed by atoms with van der Waals surface area (Å²) in [5.74, 6) is 0.112. The number of ether oxygens (including phenoxy) is 2. The number of aromatic carboxylic acids is 1. The highest BCUT2D eigenvalue weighted by Crippen LogP contribution is 2.26. The quantitative estimate of drug-likeness (QED) is 0.896. The van der Waals surface area contributed by atoms with E-state index in [-0.39, 0.29) is 11.3 Å². The van der Waals surface area contributed by atoms with Gasteiger partial charge in [-0.15, -0.1) is 0 Å². The molecule has 5 nitrogen and oxygen atoms in total. The lowest BCUT2D eigenvalue weighted by atomic mass is 10.2. The fourth-order valence-electron chi connectivity index (χ4n) is 1.43. The number of hydrogen-bond donors (Lipinski definition) is 1. The molecule has 2 rings (SSSR count). The zero-order valence-electron chi connectivity index (χ0n) is 9.66. The monoisotopic (exact) mass is 245 g/mol. The second-order valence-electron chi connectivity index (χ2n) is 3.44. The molecule has 5 heteroatoms. The van der Waals surface area contributed by atoms with Gasteiger partial charge in [-0.1, -0.05) is 12.1 Å². The predicted octanol–water partition coefficient (Wildman–Crippen LogP) is 2.58. The van der Waals surface area contributed by atoms with Crippen molar-refractivity contribution >= 4 is 5.97 Å². The minimum Gasteiger partial charge on any atom is -0.481 e. The number of methoxy groups -OCH3 is 1. The lowest BCUT2D eigenvalue weighted by molar-refractivity contribution is 0.0694. The molecule has 1 N–H and O–H groups in total. The van der Waals surface area contributed by atoms with Crippen LogP contribution in [0.2, 0.25) is 0 Å². The average Bonchev–Trinajstić information content (AvgIpc) is 2.39. The highest BCUT2D eigenvalue weighted by Gasteiger charge is 2.11. The molecule has 0 saturated heterocycles. The average molecular weight is 245 g/mol. The van der Waals surface area contributed by atoms with E-state index in [2.05, 4.69) is 4.98 Å². The van der Waals surface area contributed by atoms with E-state index in [0.29, 0.717) is 11.6 Å². The van der Waals surface area contributed by atoms with Crippen molar-refractivity contribution in [2.24, 2.45) is 0 Å². The zero-order chi connectivity index (χ0) is 13.0. The molecule has 0 saturated carbocycles. The second-order valence-corrected chi connectivity index (χ2v) is 3.44. The Labute approximate surface area is 104 Å². The summed E-state index contributed by atoms with van der Waals surface area (Å²) in [4.78, 5) is 15.0. The maximum atomic E-state index is 11.0. The molecule has 1 heterocycles. The molecular weight excluding hydrogens is 234 g/mol. The van der Waals surface area contributed by atoms with Crippen LogP contribution < -0.4 is 9.47 Å². The minimum absolute atomic E-state index is 0.105. The maximum absolute atomic E-state index is 11.0. The van der Waals surface area contributed by atoms with E-state index in [1.54, 1.807) is 30.3 Å². The summed E-state index contributed by atoms with van der Waals surface area (Å²) in [5.41, 5.74) is 0.105. The van der Waals surface area contributed by atoms with Gasteiger partial charge in [0.15, 0.2) is 0 Å². The van der Waals surface area contributed by atoms with Gasteiger partial charge in [-0.25, -0.2) is 9.78 Å². The van der Waals surface area contributed by atoms with Crippen molar-refractivity contribution < 1.29 is 19.4 Å². The van der Waals surface area contributed by atoms with Gasteiger partial charge in [-0.3, -0.25) is 0 Å². The summed E-state index contributed by atoms with van der Waals surface area (Å²) in [6.45, 7) is 0. The normalized spacial score (nSPS) is 9.83. The van der Waals surface area contributed by atoms with Gasteiger partial charge in [0.2, 0.25) is 5.88 Å². The molecule has 0 aliphatic heterocycles. The summed E-state index contributed by atoms with van der Waals surface area (Å²) in [6, 6.07) is 9.63. The van der Waals surface area contributed by atoms with Crippen molar-refractivity contribution in [1.29, 1.82) is 0 Å². The Morgan fingerprint density at radius 2 is 2.06 bits per heavy atom. The molecule has 0 atom stereocenters. The van der Waals surface area contributed by atoms with Crippen LogP contribution in [0.4, 0.5) is 0 Å². The predicted molar refractivity (Wildman–Crippen MR) is 64.3 cm³/mol. The molecule has 0 amide bonds. The number of hydrogen-bond acceptors (Lipinski definition) is 4. The van der Waals surface area contributed by atoms with Crippen molar-refractivity contribution in [2.75, 3.05) is 7.11 Å². The van der Waals surface area contributed by atoms with Crippen molar-refractivity contribution in [2.45, 2.75) is 0 Å². The summed E-state index contributed by atoms with van der Waals surface area (Å²) < 4.78 is 10.5. The highest BCUT2D eigenvalue weighted by atomic mass is 16.5. The Morgan fingerprint density at radius 3 is 2.78 bits per heavy atom. The van der Waals surface area contributed by atoms with Crippen LogP contribution in [0, 0.1) is 0 Å². The summed E-state index contributed by atoms with van der Waals surface area (Å²) in [6.07, 6.45) is 1.53. The molecule has 0 fully saturated rings. The third kappa shape index (κ3) is 2.57. The van der Waals surface area contributed by atoms with Gasteiger partial charge >= 0.3 is 5.97 Å². The second kappa shape index (κ2) is 5.18. The Morgan fingerprint density at radius 1 is 1.28 bits per heavy atom. The van der Waals surface area contributed by atoms with Crippen molar-refractivity contribution in [3.63, 3.8) is 0 Å². The summed E-state index contributed by atoms with van der Waals surface area (Å²) >= 11 is 0. The van der Waals surface area contributed by atoms with Gasteiger partial charge in [-0.2, -0.15) is 0 Å². The molecule has 0 aliphatic rings. The van der Waals surface area contributed by atoms with Crippen LogP contribution in [-0.2, 0) is 0 Å². The molecule has 0 radical (unpaired) electrons. The fourth-order valence-corrected chi connectivity index (χ4v) is 1.43. The molecule has 1 aromatic heterocycles. The molecule has 0 aliphatic carbocycles. The maximum Gasteiger partial charge on any atom is 0.339 e. The first-order valence-electron chi connectivity index (χ1n) is 5.21. The summed E-state index contributed by atoms with van der Waals surface area (Å²) in [5, 5.41) is 9.03. The first kappa shape index (κ1) is 11.9. The number of carboxylic acids is 1. The SMILES string of the molecule is COc1cc(Oc2ccccc2C(=O)O)ccn1. The van der Waals surface area contributed by atoms with E-state index in [1.807, 2.05) is 0 Å². The highest BCUT2D eigenvalue weighted by molar-refractivity contribution is 5.90. The van der Waals surface area contributed by atoms with Crippen LogP contribution in [0.25, 0.3) is 0 Å². The van der Waals surface area contributed by atoms with Crippen molar-refractivity contribution in [3.05, 3.63) is 48.2 Å². The lowest BCUT2D eigenvalue weighted by Gasteiger charge is -2.08. The van der Waals surface area contributed by atoms with Gasteiger partial charge < -0.3 is 14.6 Å². The smallest absolute Gasteiger partial charge is 0.339 e. The number of nitrogens with zero attached hydrogens (tertiary/aromatic N) is 1. The lowest BCUT2D eigenvalue weighted by Crippen LogP contribution is -1.99. The Kier molecular flexibility index (Phi) is 3.43. The molecule has 2 aromatic rings. The summed E-state index contributed by atoms with van der Waals surface area (Å²) in [7, 11) is 1.50. The van der Waals surface area contributed by atoms with E-state index in [9.17, 15) is 4.79 Å². The van der Waals surface area contributed by atoms with Crippen LogP contribution in [0.1, 0.15) is 10.4 Å².